The number of carbonyl (C=O) groups excluding carboxylic acids is 4. The molecule has 326 valence electrons. The molecule has 0 radical (unpaired) electrons. The average molecular weight is 850 g/mol. The van der Waals surface area contributed by atoms with E-state index in [4.69, 9.17) is 29.4 Å². The Balaban J connectivity index is 1.38. The van der Waals surface area contributed by atoms with E-state index in [-0.39, 0.29) is 42.8 Å². The van der Waals surface area contributed by atoms with Gasteiger partial charge in [-0.25, -0.2) is 14.4 Å². The second-order valence-electron chi connectivity index (χ2n) is 16.1. The van der Waals surface area contributed by atoms with Gasteiger partial charge in [0.1, 0.15) is 24.7 Å². The highest BCUT2D eigenvalue weighted by atomic mass is 16.6. The molecule has 0 heterocycles. The molecule has 0 fully saturated rings. The number of rotatable bonds is 19. The molecule has 10 nitrogen and oxygen atoms in total. The molecule has 5 aromatic carbocycles. The molecule has 2 N–H and O–H groups in total. The van der Waals surface area contributed by atoms with Gasteiger partial charge < -0.3 is 29.4 Å². The Morgan fingerprint density at radius 2 is 1.08 bits per heavy atom. The van der Waals surface area contributed by atoms with Gasteiger partial charge in [0.2, 0.25) is 5.91 Å². The number of primary amides is 1. The van der Waals surface area contributed by atoms with Gasteiger partial charge in [-0.05, 0) is 101 Å². The monoisotopic (exact) mass is 849 g/mol. The first kappa shape index (κ1) is 45.6. The van der Waals surface area contributed by atoms with E-state index >= 15 is 0 Å². The molecule has 0 saturated carbocycles. The minimum atomic E-state index is -1.05. The number of ether oxygens (including phenoxy) is 5. The van der Waals surface area contributed by atoms with Crippen LogP contribution in [0.2, 0.25) is 0 Å². The highest BCUT2D eigenvalue weighted by Gasteiger charge is 2.46. The summed E-state index contributed by atoms with van der Waals surface area (Å²) in [5.41, 5.74) is 15.0. The second-order valence-corrected chi connectivity index (χ2v) is 16.1. The van der Waals surface area contributed by atoms with Gasteiger partial charge in [-0.2, -0.15) is 0 Å². The number of hydrogen-bond donors (Lipinski definition) is 1. The van der Waals surface area contributed by atoms with Gasteiger partial charge in [0.15, 0.2) is 6.10 Å². The summed E-state index contributed by atoms with van der Waals surface area (Å²) in [6.45, 7) is 19.5. The Labute approximate surface area is 369 Å². The van der Waals surface area contributed by atoms with Crippen LogP contribution >= 0.6 is 0 Å². The molecule has 0 spiro atoms. The van der Waals surface area contributed by atoms with Crippen LogP contribution in [0.3, 0.4) is 0 Å². The van der Waals surface area contributed by atoms with Crippen molar-refractivity contribution in [2.24, 2.45) is 17.6 Å². The molecule has 5 aromatic rings. The summed E-state index contributed by atoms with van der Waals surface area (Å²) in [5.74, 6) is -1.12. The lowest BCUT2D eigenvalue weighted by atomic mass is 9.66. The number of benzene rings is 5. The molecule has 0 aliphatic heterocycles. The molecular weight excluding hydrogens is 795 g/mol. The number of fused-ring (bicyclic) bond motifs is 3. The van der Waals surface area contributed by atoms with Crippen molar-refractivity contribution in [1.82, 2.24) is 0 Å². The first-order chi connectivity index (χ1) is 30.2. The predicted molar refractivity (Wildman–Crippen MR) is 243 cm³/mol. The summed E-state index contributed by atoms with van der Waals surface area (Å²) in [5, 5.41) is 0. The van der Waals surface area contributed by atoms with E-state index in [0.29, 0.717) is 12.4 Å². The molecule has 1 aliphatic rings. The zero-order valence-corrected chi connectivity index (χ0v) is 36.8. The standard InChI is InChI=1S/C53H55NO9/c1-9-32(4)37(28-59-47(55)10-2)29-61-49-33(5)24-38(25-34(49)6)53(45-22-16-14-18-41(45)42-19-15-17-23-46(42)53)39-26-35(7)50(36(8)27-39)62-31-40(30-60-48(56)11-3)63-52(58)44-21-13-12-20-43(44)51(54)57/h10-27,32,37,40H,2-3,9,28-31H2,1,4-8H3,(H2,54,57). The van der Waals surface area contributed by atoms with E-state index in [9.17, 15) is 19.2 Å². The first-order valence-corrected chi connectivity index (χ1v) is 21.1. The van der Waals surface area contributed by atoms with Crippen molar-refractivity contribution in [2.75, 3.05) is 26.4 Å². The first-order valence-electron chi connectivity index (χ1n) is 21.1. The van der Waals surface area contributed by atoms with E-state index in [1.807, 2.05) is 13.8 Å². The Hall–Kier alpha value is -6.94. The zero-order valence-electron chi connectivity index (χ0n) is 36.8. The quantitative estimate of drug-likeness (QED) is 0.0480. The molecule has 1 amide bonds. The number of nitrogens with two attached hydrogens (primary N) is 1. The van der Waals surface area contributed by atoms with E-state index in [0.717, 1.165) is 73.9 Å². The van der Waals surface area contributed by atoms with Gasteiger partial charge in [-0.3, -0.25) is 4.79 Å². The van der Waals surface area contributed by atoms with Crippen molar-refractivity contribution in [1.29, 1.82) is 0 Å². The molecular formula is C53H55NO9. The molecule has 0 bridgehead atoms. The zero-order chi connectivity index (χ0) is 45.4. The maximum atomic E-state index is 13.4. The SMILES string of the molecule is C=CC(=O)OCC(COc1c(C)cc(C2(c3cc(C)c(OCC(COC(=O)C=C)C(C)CC)c(C)c3)c3ccccc3-c3ccccc32)cc1C)OC(=O)c1ccccc1C(N)=O. The van der Waals surface area contributed by atoms with E-state index in [1.165, 1.54) is 18.2 Å². The molecule has 0 saturated heterocycles. The summed E-state index contributed by atoms with van der Waals surface area (Å²) in [7, 11) is 0. The highest BCUT2D eigenvalue weighted by molar-refractivity contribution is 6.04. The number of aryl methyl sites for hydroxylation is 4. The average Bonchev–Trinajstić information content (AvgIpc) is 3.58. The smallest absolute Gasteiger partial charge is 0.339 e. The summed E-state index contributed by atoms with van der Waals surface area (Å²) in [6.07, 6.45) is 2.06. The summed E-state index contributed by atoms with van der Waals surface area (Å²) in [4.78, 5) is 49.5. The van der Waals surface area contributed by atoms with E-state index < -0.39 is 35.3 Å². The third-order valence-corrected chi connectivity index (χ3v) is 11.9. The molecule has 3 atom stereocenters. The van der Waals surface area contributed by atoms with Crippen LogP contribution in [0.5, 0.6) is 11.5 Å². The summed E-state index contributed by atoms with van der Waals surface area (Å²) < 4.78 is 29.6. The summed E-state index contributed by atoms with van der Waals surface area (Å²) >= 11 is 0. The van der Waals surface area contributed by atoms with Crippen molar-refractivity contribution in [3.8, 4) is 22.6 Å². The maximum Gasteiger partial charge on any atom is 0.339 e. The molecule has 63 heavy (non-hydrogen) atoms. The van der Waals surface area contributed by atoms with Gasteiger partial charge >= 0.3 is 17.9 Å². The number of carbonyl (C=O) groups is 4. The Morgan fingerprint density at radius 1 is 0.635 bits per heavy atom. The number of hydrogen-bond acceptors (Lipinski definition) is 9. The number of esters is 3. The lowest BCUT2D eigenvalue weighted by Crippen LogP contribution is -2.32. The largest absolute Gasteiger partial charge is 0.493 e. The van der Waals surface area contributed by atoms with Crippen LogP contribution in [0.4, 0.5) is 0 Å². The normalized spacial score (nSPS) is 13.6. The molecule has 0 aromatic heterocycles. The molecule has 10 heteroatoms. The van der Waals surface area contributed by atoms with Crippen LogP contribution in [0.15, 0.2) is 122 Å². The van der Waals surface area contributed by atoms with Gasteiger partial charge in [-0.1, -0.05) is 118 Å². The van der Waals surface area contributed by atoms with Crippen LogP contribution in [0.25, 0.3) is 11.1 Å². The van der Waals surface area contributed by atoms with Gasteiger partial charge in [0.05, 0.1) is 29.8 Å². The van der Waals surface area contributed by atoms with Crippen LogP contribution in [0, 0.1) is 39.5 Å². The van der Waals surface area contributed by atoms with Crippen LogP contribution < -0.4 is 15.2 Å². The van der Waals surface area contributed by atoms with Crippen LogP contribution in [0.1, 0.15) is 85.5 Å². The fourth-order valence-electron chi connectivity index (χ4n) is 8.58. The predicted octanol–water partition coefficient (Wildman–Crippen LogP) is 9.49. The second kappa shape index (κ2) is 19.8. The summed E-state index contributed by atoms with van der Waals surface area (Å²) in [6, 6.07) is 31.8. The molecule has 1 aliphatic carbocycles. The van der Waals surface area contributed by atoms with E-state index in [1.54, 1.807) is 12.1 Å². The third kappa shape index (κ3) is 9.45. The lowest BCUT2D eigenvalue weighted by Gasteiger charge is -2.35. The lowest BCUT2D eigenvalue weighted by molar-refractivity contribution is -0.141. The van der Waals surface area contributed by atoms with Gasteiger partial charge in [0, 0.05) is 18.1 Å². The van der Waals surface area contributed by atoms with Crippen molar-refractivity contribution in [3.05, 3.63) is 178 Å². The topological polar surface area (TPSA) is 140 Å². The van der Waals surface area contributed by atoms with Crippen molar-refractivity contribution < 1.29 is 42.9 Å². The molecule has 3 unspecified atom stereocenters. The Kier molecular flexibility index (Phi) is 14.4. The van der Waals surface area contributed by atoms with Crippen molar-refractivity contribution >= 4 is 23.8 Å². The highest BCUT2D eigenvalue weighted by Crippen LogP contribution is 2.57. The Bertz CT molecular complexity index is 2460. The fourth-order valence-corrected chi connectivity index (χ4v) is 8.58. The minimum absolute atomic E-state index is 0.00284. The number of amides is 1. The minimum Gasteiger partial charge on any atom is -0.493 e. The van der Waals surface area contributed by atoms with Crippen molar-refractivity contribution in [3.63, 3.8) is 0 Å². The van der Waals surface area contributed by atoms with E-state index in [2.05, 4.69) is 114 Å². The van der Waals surface area contributed by atoms with Crippen LogP contribution in [-0.2, 0) is 29.2 Å². The Morgan fingerprint density at radius 3 is 1.56 bits per heavy atom. The fraction of sp³-hybridized carbons (Fsp3) is 0.283. The van der Waals surface area contributed by atoms with Crippen molar-refractivity contribution in [2.45, 2.75) is 59.5 Å². The van der Waals surface area contributed by atoms with Gasteiger partial charge in [0.25, 0.3) is 0 Å². The molecule has 6 rings (SSSR count). The van der Waals surface area contributed by atoms with Gasteiger partial charge in [-0.15, -0.1) is 0 Å². The third-order valence-electron chi connectivity index (χ3n) is 11.9. The maximum absolute atomic E-state index is 13.4. The van der Waals surface area contributed by atoms with Crippen LogP contribution in [-0.4, -0.2) is 56.3 Å².